The van der Waals surface area contributed by atoms with Gasteiger partial charge in [0.15, 0.2) is 5.16 Å². The molecule has 0 saturated heterocycles. The van der Waals surface area contributed by atoms with Gasteiger partial charge in [0.2, 0.25) is 11.8 Å². The summed E-state index contributed by atoms with van der Waals surface area (Å²) in [6, 6.07) is 11.2. The molecule has 0 aliphatic heterocycles. The second-order valence-electron chi connectivity index (χ2n) is 6.82. The first kappa shape index (κ1) is 23.9. The van der Waals surface area contributed by atoms with Gasteiger partial charge in [0, 0.05) is 24.4 Å². The zero-order valence-electron chi connectivity index (χ0n) is 17.2. The number of aliphatic hydroxyl groups excluding tert-OH is 1. The Kier molecular flexibility index (Phi) is 8.11. The molecule has 0 atom stereocenters. The third-order valence-electron chi connectivity index (χ3n) is 4.46. The Labute approximate surface area is 192 Å². The van der Waals surface area contributed by atoms with E-state index in [0.29, 0.717) is 16.5 Å². The maximum absolute atomic E-state index is 13.0. The summed E-state index contributed by atoms with van der Waals surface area (Å²) in [5.74, 6) is -1.11. The van der Waals surface area contributed by atoms with E-state index in [1.807, 2.05) is 0 Å². The predicted octanol–water partition coefficient (Wildman–Crippen LogP) is 2.47. The Hall–Kier alpha value is -3.77. The normalized spacial score (nSPS) is 10.6. The summed E-state index contributed by atoms with van der Waals surface area (Å²) in [6.07, 6.45) is 1.42. The van der Waals surface area contributed by atoms with Gasteiger partial charge in [0.05, 0.1) is 29.2 Å². The zero-order chi connectivity index (χ0) is 23.8. The van der Waals surface area contributed by atoms with Crippen molar-refractivity contribution in [3.05, 3.63) is 81.9 Å². The second-order valence-corrected chi connectivity index (χ2v) is 7.76. The number of benzene rings is 2. The van der Waals surface area contributed by atoms with Gasteiger partial charge in [-0.2, -0.15) is 0 Å². The Morgan fingerprint density at radius 2 is 1.82 bits per heavy atom. The van der Waals surface area contributed by atoms with Gasteiger partial charge in [0.1, 0.15) is 12.4 Å². The number of rotatable bonds is 10. The first-order valence-corrected chi connectivity index (χ1v) is 10.7. The molecule has 0 fully saturated rings. The van der Waals surface area contributed by atoms with E-state index in [1.54, 1.807) is 12.1 Å². The number of anilines is 1. The number of nitro benzene ring substituents is 1. The first-order valence-electron chi connectivity index (χ1n) is 9.69. The molecular weight excluding hydrogens is 453 g/mol. The van der Waals surface area contributed by atoms with Crippen molar-refractivity contribution in [1.82, 2.24) is 14.9 Å². The molecule has 2 amide bonds. The molecule has 0 bridgehead atoms. The number of halogens is 1. The molecule has 3 aromatic rings. The summed E-state index contributed by atoms with van der Waals surface area (Å²) in [5.41, 5.74) is 1.46. The number of nitrogens with one attached hydrogen (secondary N) is 2. The topological polar surface area (TPSA) is 139 Å². The van der Waals surface area contributed by atoms with E-state index in [1.165, 1.54) is 47.2 Å². The average Bonchev–Trinajstić information content (AvgIpc) is 3.19. The van der Waals surface area contributed by atoms with Crippen LogP contribution in [0.3, 0.4) is 0 Å². The van der Waals surface area contributed by atoms with Crippen molar-refractivity contribution < 1.29 is 24.0 Å². The van der Waals surface area contributed by atoms with Gasteiger partial charge in [-0.3, -0.25) is 19.7 Å². The molecule has 12 heteroatoms. The number of aliphatic hydroxyl groups is 1. The molecule has 172 valence electrons. The monoisotopic (exact) mass is 473 g/mol. The highest BCUT2D eigenvalue weighted by Gasteiger charge is 2.15. The number of imidazole rings is 1. The molecule has 10 nitrogen and oxygen atoms in total. The van der Waals surface area contributed by atoms with Crippen molar-refractivity contribution >= 4 is 35.0 Å². The Bertz CT molecular complexity index is 1130. The highest BCUT2D eigenvalue weighted by Crippen LogP contribution is 2.20. The van der Waals surface area contributed by atoms with E-state index in [-0.39, 0.29) is 48.8 Å². The number of aromatic nitrogens is 2. The number of nitro groups is 1. The lowest BCUT2D eigenvalue weighted by Crippen LogP contribution is -2.28. The SMILES string of the molecule is O=C(Cn1c(CO)cnc1SCC(=O)Nc1ccc([N+](=O)[O-])cc1)NCc1ccc(F)cc1. The van der Waals surface area contributed by atoms with Crippen molar-refractivity contribution in [1.29, 1.82) is 0 Å². The van der Waals surface area contributed by atoms with E-state index < -0.39 is 4.92 Å². The molecule has 0 unspecified atom stereocenters. The van der Waals surface area contributed by atoms with Crippen molar-refractivity contribution in [3.63, 3.8) is 0 Å². The lowest BCUT2D eigenvalue weighted by molar-refractivity contribution is -0.384. The van der Waals surface area contributed by atoms with Crippen molar-refractivity contribution in [2.75, 3.05) is 11.1 Å². The number of hydrogen-bond acceptors (Lipinski definition) is 7. The van der Waals surface area contributed by atoms with Crippen LogP contribution in [0, 0.1) is 15.9 Å². The predicted molar refractivity (Wildman–Crippen MR) is 119 cm³/mol. The molecular formula is C21H20FN5O5S. The number of nitrogens with zero attached hydrogens (tertiary/aromatic N) is 3. The molecule has 0 aliphatic carbocycles. The van der Waals surface area contributed by atoms with Gasteiger partial charge in [-0.1, -0.05) is 23.9 Å². The minimum absolute atomic E-state index is 0.0317. The highest BCUT2D eigenvalue weighted by molar-refractivity contribution is 7.99. The Morgan fingerprint density at radius 1 is 1.12 bits per heavy atom. The van der Waals surface area contributed by atoms with Crippen molar-refractivity contribution in [3.8, 4) is 0 Å². The van der Waals surface area contributed by atoms with E-state index in [9.17, 15) is 29.2 Å². The fourth-order valence-corrected chi connectivity index (χ4v) is 3.60. The van der Waals surface area contributed by atoms with Crippen LogP contribution in [-0.2, 0) is 29.3 Å². The summed E-state index contributed by atoms with van der Waals surface area (Å²) in [4.78, 5) is 38.9. The molecule has 3 N–H and O–H groups in total. The van der Waals surface area contributed by atoms with Gasteiger partial charge in [-0.15, -0.1) is 0 Å². The lowest BCUT2D eigenvalue weighted by Gasteiger charge is -2.11. The highest BCUT2D eigenvalue weighted by atomic mass is 32.2. The molecule has 1 heterocycles. The summed E-state index contributed by atoms with van der Waals surface area (Å²) >= 11 is 1.08. The fraction of sp³-hybridized carbons (Fsp3) is 0.190. The van der Waals surface area contributed by atoms with Crippen LogP contribution in [0.15, 0.2) is 59.9 Å². The van der Waals surface area contributed by atoms with Gasteiger partial charge < -0.3 is 20.3 Å². The third kappa shape index (κ3) is 6.85. The van der Waals surface area contributed by atoms with Gasteiger partial charge in [-0.25, -0.2) is 9.37 Å². The molecule has 3 rings (SSSR count). The maximum Gasteiger partial charge on any atom is 0.269 e. The summed E-state index contributed by atoms with van der Waals surface area (Å²) in [6.45, 7) is -0.250. The summed E-state index contributed by atoms with van der Waals surface area (Å²) in [5, 5.41) is 26.0. The number of amides is 2. The van der Waals surface area contributed by atoms with Crippen molar-refractivity contribution in [2.45, 2.75) is 24.9 Å². The maximum atomic E-state index is 13.0. The molecule has 0 saturated carbocycles. The smallest absolute Gasteiger partial charge is 0.269 e. The van der Waals surface area contributed by atoms with Crippen LogP contribution in [-0.4, -0.2) is 37.1 Å². The quantitative estimate of drug-likeness (QED) is 0.233. The summed E-state index contributed by atoms with van der Waals surface area (Å²) < 4.78 is 14.5. The molecule has 0 spiro atoms. The van der Waals surface area contributed by atoms with Gasteiger partial charge in [-0.05, 0) is 29.8 Å². The van der Waals surface area contributed by atoms with Gasteiger partial charge in [0.25, 0.3) is 5.69 Å². The number of non-ortho nitro benzene ring substituents is 1. The van der Waals surface area contributed by atoms with Crippen LogP contribution in [0.25, 0.3) is 0 Å². The van der Waals surface area contributed by atoms with Gasteiger partial charge >= 0.3 is 0 Å². The molecule has 33 heavy (non-hydrogen) atoms. The van der Waals surface area contributed by atoms with Crippen LogP contribution in [0.4, 0.5) is 15.8 Å². The van der Waals surface area contributed by atoms with Crippen LogP contribution >= 0.6 is 11.8 Å². The van der Waals surface area contributed by atoms with E-state index >= 15 is 0 Å². The number of thioether (sulfide) groups is 1. The fourth-order valence-electron chi connectivity index (χ4n) is 2.80. The molecule has 2 aromatic carbocycles. The summed E-state index contributed by atoms with van der Waals surface area (Å²) in [7, 11) is 0. The minimum Gasteiger partial charge on any atom is -0.390 e. The zero-order valence-corrected chi connectivity index (χ0v) is 18.0. The molecule has 1 aromatic heterocycles. The van der Waals surface area contributed by atoms with Crippen LogP contribution in [0.5, 0.6) is 0 Å². The van der Waals surface area contributed by atoms with Crippen LogP contribution < -0.4 is 10.6 Å². The number of hydrogen-bond donors (Lipinski definition) is 3. The molecule has 0 aliphatic rings. The molecule has 0 radical (unpaired) electrons. The lowest BCUT2D eigenvalue weighted by atomic mass is 10.2. The number of carbonyl (C=O) groups is 2. The Morgan fingerprint density at radius 3 is 2.45 bits per heavy atom. The minimum atomic E-state index is -0.532. The Balaban J connectivity index is 1.55. The standard InChI is InChI=1S/C21H20FN5O5S/c22-15-3-1-14(2-4-15)9-23-19(29)11-26-18(12-28)10-24-21(26)33-13-20(30)25-16-5-7-17(8-6-16)27(31)32/h1-8,10,28H,9,11-13H2,(H,23,29)(H,25,30). The van der Waals surface area contributed by atoms with Crippen LogP contribution in [0.2, 0.25) is 0 Å². The first-order chi connectivity index (χ1) is 15.9. The number of carbonyl (C=O) groups excluding carboxylic acids is 2. The van der Waals surface area contributed by atoms with Crippen LogP contribution in [0.1, 0.15) is 11.3 Å². The van der Waals surface area contributed by atoms with E-state index in [2.05, 4.69) is 15.6 Å². The second kappa shape index (κ2) is 11.2. The van der Waals surface area contributed by atoms with Crippen molar-refractivity contribution in [2.24, 2.45) is 0 Å². The largest absolute Gasteiger partial charge is 0.390 e. The average molecular weight is 473 g/mol. The van der Waals surface area contributed by atoms with E-state index in [0.717, 1.165) is 17.3 Å². The van der Waals surface area contributed by atoms with E-state index in [4.69, 9.17) is 0 Å². The third-order valence-corrected chi connectivity index (χ3v) is 5.45.